The Balaban J connectivity index is 1.95. The summed E-state index contributed by atoms with van der Waals surface area (Å²) in [7, 11) is -2.60. The molecule has 8 nitrogen and oxygen atoms in total. The molecule has 0 bridgehead atoms. The third kappa shape index (κ3) is 5.88. The van der Waals surface area contributed by atoms with Crippen molar-refractivity contribution in [2.24, 2.45) is 0 Å². The van der Waals surface area contributed by atoms with E-state index < -0.39 is 34.5 Å². The Labute approximate surface area is 169 Å². The molecule has 0 aliphatic rings. The highest BCUT2D eigenvalue weighted by atomic mass is 32.2. The molecule has 1 N–H and O–H groups in total. The molecule has 29 heavy (non-hydrogen) atoms. The monoisotopic (exact) mass is 415 g/mol. The van der Waals surface area contributed by atoms with Crippen LogP contribution in [-0.4, -0.2) is 44.3 Å². The number of hydrogen-bond donors (Lipinski definition) is 1. The van der Waals surface area contributed by atoms with Crippen LogP contribution in [0, 0.1) is 18.3 Å². The maximum atomic E-state index is 12.5. The Morgan fingerprint density at radius 2 is 1.86 bits per heavy atom. The molecule has 2 aromatic rings. The summed E-state index contributed by atoms with van der Waals surface area (Å²) in [6, 6.07) is 14.5. The Bertz CT molecular complexity index is 1040. The van der Waals surface area contributed by atoms with E-state index in [1.165, 1.54) is 32.2 Å². The fourth-order valence-corrected chi connectivity index (χ4v) is 3.47. The van der Waals surface area contributed by atoms with E-state index in [0.717, 1.165) is 9.87 Å². The number of hydrogen-bond acceptors (Lipinski definition) is 6. The average molecular weight is 415 g/mol. The largest absolute Gasteiger partial charge is 0.452 e. The van der Waals surface area contributed by atoms with Gasteiger partial charge in [-0.15, -0.1) is 0 Å². The normalized spacial score (nSPS) is 12.1. The number of likely N-dealkylation sites (N-methyl/N-ethyl adjacent to an activating group) is 1. The number of anilines is 1. The molecule has 1 amide bonds. The van der Waals surface area contributed by atoms with E-state index in [1.54, 1.807) is 30.3 Å². The van der Waals surface area contributed by atoms with Gasteiger partial charge in [-0.2, -0.15) is 9.57 Å². The quantitative estimate of drug-likeness (QED) is 0.692. The first-order valence-electron chi connectivity index (χ1n) is 8.67. The summed E-state index contributed by atoms with van der Waals surface area (Å²) >= 11 is 0. The number of nitrogens with one attached hydrogen (secondary N) is 1. The summed E-state index contributed by atoms with van der Waals surface area (Å²) in [5, 5.41) is 11.4. The van der Waals surface area contributed by atoms with Crippen LogP contribution in [0.1, 0.15) is 18.1 Å². The first kappa shape index (κ1) is 22.1. The molecule has 0 unspecified atom stereocenters. The van der Waals surface area contributed by atoms with E-state index in [1.807, 2.05) is 13.0 Å². The third-order valence-corrected chi connectivity index (χ3v) is 5.84. The van der Waals surface area contributed by atoms with Gasteiger partial charge >= 0.3 is 5.97 Å². The summed E-state index contributed by atoms with van der Waals surface area (Å²) in [4.78, 5) is 24.3. The topological polar surface area (TPSA) is 117 Å². The zero-order valence-electron chi connectivity index (χ0n) is 16.2. The molecule has 0 aliphatic carbocycles. The zero-order chi connectivity index (χ0) is 21.6. The van der Waals surface area contributed by atoms with Crippen LogP contribution in [0.2, 0.25) is 0 Å². The minimum absolute atomic E-state index is 0.0570. The molecule has 2 aromatic carbocycles. The predicted octanol–water partition coefficient (Wildman–Crippen LogP) is 2.06. The van der Waals surface area contributed by atoms with Crippen molar-refractivity contribution in [3.8, 4) is 6.07 Å². The molecular weight excluding hydrogens is 394 g/mol. The highest BCUT2D eigenvalue weighted by molar-refractivity contribution is 7.89. The Morgan fingerprint density at radius 1 is 1.21 bits per heavy atom. The molecule has 0 spiro atoms. The first-order valence-corrected chi connectivity index (χ1v) is 10.1. The van der Waals surface area contributed by atoms with E-state index in [0.29, 0.717) is 11.3 Å². The number of carbonyl (C=O) groups excluding carboxylic acids is 2. The molecule has 0 fully saturated rings. The fourth-order valence-electron chi connectivity index (χ4n) is 2.36. The summed E-state index contributed by atoms with van der Waals surface area (Å²) in [5.41, 5.74) is 1.66. The van der Waals surface area contributed by atoms with Crippen molar-refractivity contribution in [2.45, 2.75) is 24.8 Å². The molecule has 9 heteroatoms. The van der Waals surface area contributed by atoms with Crippen LogP contribution in [0.5, 0.6) is 0 Å². The highest BCUT2D eigenvalue weighted by Crippen LogP contribution is 2.15. The van der Waals surface area contributed by atoms with Crippen molar-refractivity contribution in [1.29, 1.82) is 5.26 Å². The van der Waals surface area contributed by atoms with E-state index in [9.17, 15) is 18.0 Å². The van der Waals surface area contributed by atoms with Gasteiger partial charge in [-0.1, -0.05) is 23.8 Å². The number of amides is 1. The number of carbonyl (C=O) groups is 2. The highest BCUT2D eigenvalue weighted by Gasteiger charge is 2.25. The maximum Gasteiger partial charge on any atom is 0.322 e. The Morgan fingerprint density at radius 3 is 2.48 bits per heavy atom. The minimum atomic E-state index is -3.86. The lowest BCUT2D eigenvalue weighted by Gasteiger charge is -2.18. The fraction of sp³-hybridized carbons (Fsp3) is 0.250. The van der Waals surface area contributed by atoms with Gasteiger partial charge in [0.15, 0.2) is 6.10 Å². The SMILES string of the molecule is Cc1ccc(S(=O)(=O)N(C)CC(=O)O[C@H](C)C(=O)Nc2cccc(C#N)c2)cc1. The lowest BCUT2D eigenvalue weighted by molar-refractivity contribution is -0.153. The van der Waals surface area contributed by atoms with Crippen LogP contribution in [-0.2, 0) is 24.3 Å². The summed E-state index contributed by atoms with van der Waals surface area (Å²) < 4.78 is 30.9. The third-order valence-electron chi connectivity index (χ3n) is 4.02. The van der Waals surface area contributed by atoms with Crippen LogP contribution < -0.4 is 5.32 Å². The number of benzene rings is 2. The molecule has 0 saturated heterocycles. The van der Waals surface area contributed by atoms with Crippen LogP contribution in [0.15, 0.2) is 53.4 Å². The number of nitrogens with zero attached hydrogens (tertiary/aromatic N) is 2. The van der Waals surface area contributed by atoms with Crippen LogP contribution in [0.4, 0.5) is 5.69 Å². The lowest BCUT2D eigenvalue weighted by atomic mass is 10.2. The first-order chi connectivity index (χ1) is 13.6. The van der Waals surface area contributed by atoms with Gasteiger partial charge in [0.05, 0.1) is 16.5 Å². The van der Waals surface area contributed by atoms with E-state index >= 15 is 0 Å². The minimum Gasteiger partial charge on any atom is -0.452 e. The molecule has 0 aliphatic heterocycles. The number of sulfonamides is 1. The van der Waals surface area contributed by atoms with Crippen LogP contribution in [0.25, 0.3) is 0 Å². The van der Waals surface area contributed by atoms with E-state index in [2.05, 4.69) is 5.32 Å². The van der Waals surface area contributed by atoms with Crippen molar-refractivity contribution in [1.82, 2.24) is 4.31 Å². The maximum absolute atomic E-state index is 12.5. The number of rotatable bonds is 7. The van der Waals surface area contributed by atoms with Gasteiger partial charge in [0.25, 0.3) is 5.91 Å². The summed E-state index contributed by atoms with van der Waals surface area (Å²) in [6.07, 6.45) is -1.15. The Kier molecular flexibility index (Phi) is 7.09. The van der Waals surface area contributed by atoms with Gasteiger partial charge in [0, 0.05) is 12.7 Å². The predicted molar refractivity (Wildman–Crippen MR) is 106 cm³/mol. The molecule has 0 radical (unpaired) electrons. The number of ether oxygens (including phenoxy) is 1. The van der Waals surface area contributed by atoms with Gasteiger partial charge in [0.2, 0.25) is 10.0 Å². The average Bonchev–Trinajstić information content (AvgIpc) is 2.68. The van der Waals surface area contributed by atoms with Crippen molar-refractivity contribution < 1.29 is 22.7 Å². The van der Waals surface area contributed by atoms with Gasteiger partial charge < -0.3 is 10.1 Å². The van der Waals surface area contributed by atoms with Crippen molar-refractivity contribution >= 4 is 27.6 Å². The smallest absolute Gasteiger partial charge is 0.322 e. The molecule has 0 saturated carbocycles. The lowest BCUT2D eigenvalue weighted by Crippen LogP contribution is -2.37. The second-order valence-electron chi connectivity index (χ2n) is 6.39. The second kappa shape index (κ2) is 9.32. The van der Waals surface area contributed by atoms with Gasteiger partial charge in [0.1, 0.15) is 6.54 Å². The summed E-state index contributed by atoms with van der Waals surface area (Å²) in [6.45, 7) is 2.66. The van der Waals surface area contributed by atoms with Crippen LogP contribution >= 0.6 is 0 Å². The molecule has 2 rings (SSSR count). The zero-order valence-corrected chi connectivity index (χ0v) is 17.1. The van der Waals surface area contributed by atoms with Crippen LogP contribution in [0.3, 0.4) is 0 Å². The number of aryl methyl sites for hydroxylation is 1. The van der Waals surface area contributed by atoms with Gasteiger partial charge in [-0.05, 0) is 44.2 Å². The molecule has 152 valence electrons. The van der Waals surface area contributed by atoms with Crippen molar-refractivity contribution in [2.75, 3.05) is 18.9 Å². The Hall–Kier alpha value is -3.22. The standard InChI is InChI=1S/C20H21N3O5S/c1-14-7-9-18(10-8-14)29(26,27)23(3)13-19(24)28-15(2)20(25)22-17-6-4-5-16(11-17)12-21/h4-11,15H,13H2,1-3H3,(H,22,25)/t15-/m1/s1. The van der Waals surface area contributed by atoms with Crippen molar-refractivity contribution in [3.05, 3.63) is 59.7 Å². The van der Waals surface area contributed by atoms with Gasteiger partial charge in [-0.25, -0.2) is 8.42 Å². The number of nitriles is 1. The van der Waals surface area contributed by atoms with Crippen molar-refractivity contribution in [3.63, 3.8) is 0 Å². The van der Waals surface area contributed by atoms with E-state index in [4.69, 9.17) is 10.00 Å². The summed E-state index contributed by atoms with van der Waals surface area (Å²) in [5.74, 6) is -1.46. The molecule has 0 aromatic heterocycles. The molecule has 0 heterocycles. The second-order valence-corrected chi connectivity index (χ2v) is 8.43. The van der Waals surface area contributed by atoms with Gasteiger partial charge in [-0.3, -0.25) is 9.59 Å². The van der Waals surface area contributed by atoms with E-state index in [-0.39, 0.29) is 4.90 Å². The molecular formula is C20H21N3O5S. The number of esters is 1. The molecule has 1 atom stereocenters.